The van der Waals surface area contributed by atoms with E-state index in [2.05, 4.69) is 21.2 Å². The maximum Gasteiger partial charge on any atom is 0.287 e. The highest BCUT2D eigenvalue weighted by Gasteiger charge is 2.04. The first-order valence-electron chi connectivity index (χ1n) is 4.48. The zero-order chi connectivity index (χ0) is 11.3. The van der Waals surface area contributed by atoms with E-state index in [0.29, 0.717) is 12.2 Å². The lowest BCUT2D eigenvalue weighted by atomic mass is 10.2. The molecule has 1 rings (SSSR count). The molecule has 0 aliphatic rings. The van der Waals surface area contributed by atoms with Crippen LogP contribution in [0.4, 0.5) is 9.18 Å². The van der Waals surface area contributed by atoms with E-state index in [1.54, 1.807) is 19.1 Å². The molecule has 0 spiro atoms. The summed E-state index contributed by atoms with van der Waals surface area (Å²) in [5.41, 5.74) is 0.684. The summed E-state index contributed by atoms with van der Waals surface area (Å²) in [4.78, 5) is 10.2. The van der Waals surface area contributed by atoms with E-state index >= 15 is 0 Å². The van der Waals surface area contributed by atoms with Crippen LogP contribution in [0.5, 0.6) is 5.75 Å². The van der Waals surface area contributed by atoms with Gasteiger partial charge in [-0.05, 0) is 24.6 Å². The summed E-state index contributed by atoms with van der Waals surface area (Å²) < 4.78 is 18.4. The van der Waals surface area contributed by atoms with E-state index in [-0.39, 0.29) is 17.1 Å². The third-order valence-corrected chi connectivity index (χ3v) is 2.01. The Labute approximate surface area is 95.7 Å². The number of ether oxygens (including phenoxy) is 1. The van der Waals surface area contributed by atoms with Gasteiger partial charge in [0.25, 0.3) is 4.82 Å². The molecule has 0 aromatic heterocycles. The number of carbonyl (C=O) groups excluding carboxylic acids is 1. The lowest BCUT2D eigenvalue weighted by Gasteiger charge is -2.06. The molecule has 0 heterocycles. The molecule has 0 radical (unpaired) electrons. The Hall–Kier alpha value is -1.10. The van der Waals surface area contributed by atoms with Crippen molar-refractivity contribution in [3.63, 3.8) is 0 Å². The highest BCUT2D eigenvalue weighted by Crippen LogP contribution is 2.18. The van der Waals surface area contributed by atoms with Crippen molar-refractivity contribution in [3.8, 4) is 5.75 Å². The van der Waals surface area contributed by atoms with Crippen LogP contribution >= 0.6 is 15.9 Å². The van der Waals surface area contributed by atoms with Crippen molar-refractivity contribution in [1.29, 1.82) is 0 Å². The predicted molar refractivity (Wildman–Crippen MR) is 58.7 cm³/mol. The van der Waals surface area contributed by atoms with E-state index in [4.69, 9.17) is 4.74 Å². The Morgan fingerprint density at radius 3 is 2.87 bits per heavy atom. The SMILES string of the molecule is CCOc1ccc(CNC(=O)Br)cc1F. The average Bonchev–Trinajstić information content (AvgIpc) is 2.19. The van der Waals surface area contributed by atoms with E-state index in [1.165, 1.54) is 6.07 Å². The number of carbonyl (C=O) groups is 1. The first-order valence-corrected chi connectivity index (χ1v) is 5.27. The first kappa shape index (κ1) is 12.0. The van der Waals surface area contributed by atoms with Crippen LogP contribution in [0, 0.1) is 5.82 Å². The van der Waals surface area contributed by atoms with Gasteiger partial charge in [-0.3, -0.25) is 4.79 Å². The van der Waals surface area contributed by atoms with Gasteiger partial charge >= 0.3 is 0 Å². The number of rotatable bonds is 4. The molecule has 0 atom stereocenters. The van der Waals surface area contributed by atoms with Crippen LogP contribution in [-0.2, 0) is 6.54 Å². The summed E-state index contributed by atoms with van der Waals surface area (Å²) in [6.07, 6.45) is 0. The van der Waals surface area contributed by atoms with Gasteiger partial charge in [0.15, 0.2) is 11.6 Å². The maximum atomic E-state index is 13.3. The molecule has 1 aromatic carbocycles. The molecule has 0 unspecified atom stereocenters. The molecule has 0 saturated heterocycles. The molecular formula is C10H11BrFNO2. The van der Waals surface area contributed by atoms with Crippen LogP contribution in [0.25, 0.3) is 0 Å². The van der Waals surface area contributed by atoms with E-state index in [0.717, 1.165) is 0 Å². The molecular weight excluding hydrogens is 265 g/mol. The van der Waals surface area contributed by atoms with Crippen molar-refractivity contribution in [2.45, 2.75) is 13.5 Å². The molecule has 0 aliphatic heterocycles. The monoisotopic (exact) mass is 275 g/mol. The summed E-state index contributed by atoms with van der Waals surface area (Å²) in [5.74, 6) is -0.190. The topological polar surface area (TPSA) is 38.3 Å². The Morgan fingerprint density at radius 2 is 2.33 bits per heavy atom. The lowest BCUT2D eigenvalue weighted by molar-refractivity contribution is 0.261. The standard InChI is InChI=1S/C10H11BrFNO2/c1-2-15-9-4-3-7(5-8(9)12)6-13-10(11)14/h3-5H,2,6H2,1H3,(H,13,14). The van der Waals surface area contributed by atoms with Crippen LogP contribution in [-0.4, -0.2) is 11.4 Å². The van der Waals surface area contributed by atoms with Gasteiger partial charge in [0.1, 0.15) is 0 Å². The largest absolute Gasteiger partial charge is 0.491 e. The van der Waals surface area contributed by atoms with Crippen molar-refractivity contribution < 1.29 is 13.9 Å². The van der Waals surface area contributed by atoms with Crippen molar-refractivity contribution >= 4 is 20.7 Å². The molecule has 1 aromatic rings. The second-order valence-electron chi connectivity index (χ2n) is 2.83. The first-order chi connectivity index (χ1) is 7.13. The molecule has 1 N–H and O–H groups in total. The third-order valence-electron chi connectivity index (χ3n) is 1.73. The summed E-state index contributed by atoms with van der Waals surface area (Å²) in [6.45, 7) is 2.50. The van der Waals surface area contributed by atoms with E-state index in [1.807, 2.05) is 0 Å². The van der Waals surface area contributed by atoms with Gasteiger partial charge in [-0.1, -0.05) is 6.07 Å². The van der Waals surface area contributed by atoms with Crippen molar-refractivity contribution in [3.05, 3.63) is 29.6 Å². The van der Waals surface area contributed by atoms with Gasteiger partial charge in [-0.25, -0.2) is 4.39 Å². The third kappa shape index (κ3) is 3.87. The molecule has 3 nitrogen and oxygen atoms in total. The van der Waals surface area contributed by atoms with Crippen LogP contribution in [0.3, 0.4) is 0 Å². The number of hydrogen-bond acceptors (Lipinski definition) is 2. The minimum absolute atomic E-state index is 0.228. The fraction of sp³-hybridized carbons (Fsp3) is 0.300. The highest BCUT2D eigenvalue weighted by molar-refractivity contribution is 9.18. The Bertz CT molecular complexity index is 357. The highest BCUT2D eigenvalue weighted by atomic mass is 79.9. The van der Waals surface area contributed by atoms with Gasteiger partial charge in [-0.2, -0.15) is 0 Å². The molecule has 0 bridgehead atoms. The number of benzene rings is 1. The van der Waals surface area contributed by atoms with Gasteiger partial charge < -0.3 is 10.1 Å². The normalized spacial score (nSPS) is 9.80. The second kappa shape index (κ2) is 5.70. The maximum absolute atomic E-state index is 13.3. The summed E-state index contributed by atoms with van der Waals surface area (Å²) in [5, 5.41) is 2.51. The molecule has 0 fully saturated rings. The van der Waals surface area contributed by atoms with Crippen molar-refractivity contribution in [2.24, 2.45) is 0 Å². The number of hydrogen-bond donors (Lipinski definition) is 1. The van der Waals surface area contributed by atoms with E-state index < -0.39 is 5.82 Å². The smallest absolute Gasteiger partial charge is 0.287 e. The minimum atomic E-state index is -0.418. The van der Waals surface area contributed by atoms with Crippen molar-refractivity contribution in [2.75, 3.05) is 6.61 Å². The molecule has 82 valence electrons. The number of amides is 1. The molecule has 0 aliphatic carbocycles. The van der Waals surface area contributed by atoms with Gasteiger partial charge in [-0.15, -0.1) is 0 Å². The zero-order valence-corrected chi connectivity index (χ0v) is 9.80. The van der Waals surface area contributed by atoms with Crippen LogP contribution in [0.2, 0.25) is 0 Å². The molecule has 1 amide bonds. The Morgan fingerprint density at radius 1 is 1.60 bits per heavy atom. The quantitative estimate of drug-likeness (QED) is 0.678. The van der Waals surface area contributed by atoms with E-state index in [9.17, 15) is 9.18 Å². The Kier molecular flexibility index (Phi) is 4.55. The zero-order valence-electron chi connectivity index (χ0n) is 8.22. The minimum Gasteiger partial charge on any atom is -0.491 e. The molecule has 15 heavy (non-hydrogen) atoms. The average molecular weight is 276 g/mol. The number of nitrogens with one attached hydrogen (secondary N) is 1. The summed E-state index contributed by atoms with van der Waals surface area (Å²) >= 11 is 2.72. The lowest BCUT2D eigenvalue weighted by Crippen LogP contribution is -2.15. The summed E-state index contributed by atoms with van der Waals surface area (Å²) in [6, 6.07) is 4.60. The predicted octanol–water partition coefficient (Wildman–Crippen LogP) is 2.83. The fourth-order valence-corrected chi connectivity index (χ4v) is 1.24. The second-order valence-corrected chi connectivity index (χ2v) is 3.55. The Balaban J connectivity index is 2.68. The van der Waals surface area contributed by atoms with Crippen LogP contribution in [0.15, 0.2) is 18.2 Å². The van der Waals surface area contributed by atoms with Gasteiger partial charge in [0.05, 0.1) is 6.61 Å². The van der Waals surface area contributed by atoms with Crippen molar-refractivity contribution in [1.82, 2.24) is 5.32 Å². The number of halogens is 2. The summed E-state index contributed by atoms with van der Waals surface area (Å²) in [7, 11) is 0. The van der Waals surface area contributed by atoms with Crippen LogP contribution in [0.1, 0.15) is 12.5 Å². The molecule has 5 heteroatoms. The van der Waals surface area contributed by atoms with Gasteiger partial charge in [0, 0.05) is 22.5 Å². The van der Waals surface area contributed by atoms with Gasteiger partial charge in [0.2, 0.25) is 0 Å². The van der Waals surface area contributed by atoms with Crippen LogP contribution < -0.4 is 10.1 Å². The fourth-order valence-electron chi connectivity index (χ4n) is 1.10. The molecule has 0 saturated carbocycles.